The van der Waals surface area contributed by atoms with Crippen molar-refractivity contribution in [1.29, 1.82) is 0 Å². The highest BCUT2D eigenvalue weighted by molar-refractivity contribution is 5.91. The van der Waals surface area contributed by atoms with Gasteiger partial charge in [-0.3, -0.25) is 9.69 Å². The lowest BCUT2D eigenvalue weighted by molar-refractivity contribution is -0.132. The standard InChI is InChI=1S/C15H27NO2/c1-11-8-6-7-9-16(11)10-12-13(17)15(4,5)18-14(12,2)3/h11-12H,6-10H2,1-5H3. The predicted molar refractivity (Wildman–Crippen MR) is 72.6 cm³/mol. The van der Waals surface area contributed by atoms with Gasteiger partial charge in [-0.25, -0.2) is 0 Å². The minimum atomic E-state index is -0.618. The Morgan fingerprint density at radius 1 is 1.28 bits per heavy atom. The first kappa shape index (κ1) is 14.0. The monoisotopic (exact) mass is 253 g/mol. The summed E-state index contributed by atoms with van der Waals surface area (Å²) in [4.78, 5) is 14.9. The van der Waals surface area contributed by atoms with E-state index in [2.05, 4.69) is 25.7 Å². The lowest BCUT2D eigenvalue weighted by atomic mass is 9.85. The SMILES string of the molecule is CC1CCCCN1CC1C(=O)C(C)(C)OC1(C)C. The van der Waals surface area contributed by atoms with Crippen molar-refractivity contribution in [2.75, 3.05) is 13.1 Å². The van der Waals surface area contributed by atoms with Gasteiger partial charge in [-0.05, 0) is 54.0 Å². The Bertz CT molecular complexity index is 335. The number of ketones is 1. The third-order valence-corrected chi connectivity index (χ3v) is 4.62. The van der Waals surface area contributed by atoms with Crippen molar-refractivity contribution in [2.45, 2.75) is 71.1 Å². The summed E-state index contributed by atoms with van der Waals surface area (Å²) in [7, 11) is 0. The van der Waals surface area contributed by atoms with E-state index in [-0.39, 0.29) is 17.3 Å². The molecule has 2 aliphatic rings. The zero-order chi connectivity index (χ0) is 13.6. The molecule has 0 aromatic heterocycles. The minimum absolute atomic E-state index is 0.00745. The molecule has 3 heteroatoms. The number of carbonyl (C=O) groups excluding carboxylic acids is 1. The molecule has 0 saturated carbocycles. The lowest BCUT2D eigenvalue weighted by Crippen LogP contribution is -2.46. The molecule has 3 nitrogen and oxygen atoms in total. The van der Waals surface area contributed by atoms with Crippen LogP contribution in [0.2, 0.25) is 0 Å². The summed E-state index contributed by atoms with van der Waals surface area (Å²) >= 11 is 0. The molecule has 0 aromatic rings. The van der Waals surface area contributed by atoms with Gasteiger partial charge in [-0.15, -0.1) is 0 Å². The van der Waals surface area contributed by atoms with Crippen molar-refractivity contribution in [3.05, 3.63) is 0 Å². The molecule has 2 fully saturated rings. The first-order valence-electron chi connectivity index (χ1n) is 7.22. The number of rotatable bonds is 2. The van der Waals surface area contributed by atoms with E-state index >= 15 is 0 Å². The molecule has 2 unspecified atom stereocenters. The highest BCUT2D eigenvalue weighted by Gasteiger charge is 2.53. The van der Waals surface area contributed by atoms with Gasteiger partial charge < -0.3 is 4.74 Å². The van der Waals surface area contributed by atoms with Gasteiger partial charge in [0.25, 0.3) is 0 Å². The van der Waals surface area contributed by atoms with Crippen LogP contribution in [0.3, 0.4) is 0 Å². The predicted octanol–water partition coefficient (Wildman–Crippen LogP) is 2.63. The van der Waals surface area contributed by atoms with Crippen molar-refractivity contribution >= 4 is 5.78 Å². The molecule has 104 valence electrons. The third-order valence-electron chi connectivity index (χ3n) is 4.62. The van der Waals surface area contributed by atoms with E-state index in [0.29, 0.717) is 6.04 Å². The fourth-order valence-corrected chi connectivity index (χ4v) is 3.48. The molecule has 2 aliphatic heterocycles. The Kier molecular flexibility index (Phi) is 3.58. The highest BCUT2D eigenvalue weighted by atomic mass is 16.5. The topological polar surface area (TPSA) is 29.5 Å². The highest BCUT2D eigenvalue weighted by Crippen LogP contribution is 2.40. The average molecular weight is 253 g/mol. The fourth-order valence-electron chi connectivity index (χ4n) is 3.48. The van der Waals surface area contributed by atoms with Gasteiger partial charge in [0.1, 0.15) is 5.60 Å². The Balaban J connectivity index is 2.10. The minimum Gasteiger partial charge on any atom is -0.361 e. The molecular formula is C15H27NO2. The maximum absolute atomic E-state index is 12.5. The maximum Gasteiger partial charge on any atom is 0.171 e. The van der Waals surface area contributed by atoms with Crippen LogP contribution in [-0.4, -0.2) is 41.0 Å². The molecule has 0 spiro atoms. The molecule has 2 rings (SSSR count). The molecule has 0 bridgehead atoms. The summed E-state index contributed by atoms with van der Waals surface area (Å²) < 4.78 is 5.96. The second-order valence-electron chi connectivity index (χ2n) is 6.97. The number of ether oxygens (including phenoxy) is 1. The van der Waals surface area contributed by atoms with Gasteiger partial charge in [0.2, 0.25) is 0 Å². The average Bonchev–Trinajstić information content (AvgIpc) is 2.39. The first-order chi connectivity index (χ1) is 8.24. The second-order valence-corrected chi connectivity index (χ2v) is 6.97. The quantitative estimate of drug-likeness (QED) is 0.757. The summed E-state index contributed by atoms with van der Waals surface area (Å²) in [6, 6.07) is 0.603. The fraction of sp³-hybridized carbons (Fsp3) is 0.933. The number of likely N-dealkylation sites (tertiary alicyclic amines) is 1. The van der Waals surface area contributed by atoms with Crippen LogP contribution in [0.5, 0.6) is 0 Å². The summed E-state index contributed by atoms with van der Waals surface area (Å²) in [6.45, 7) is 12.2. The molecule has 0 aliphatic carbocycles. The van der Waals surface area contributed by atoms with E-state index in [9.17, 15) is 4.79 Å². The van der Waals surface area contributed by atoms with E-state index in [1.54, 1.807) is 0 Å². The number of piperidine rings is 1. The van der Waals surface area contributed by atoms with Crippen LogP contribution in [0.25, 0.3) is 0 Å². The van der Waals surface area contributed by atoms with Crippen molar-refractivity contribution in [3.8, 4) is 0 Å². The zero-order valence-corrected chi connectivity index (χ0v) is 12.5. The van der Waals surface area contributed by atoms with Crippen LogP contribution >= 0.6 is 0 Å². The van der Waals surface area contributed by atoms with Gasteiger partial charge in [-0.1, -0.05) is 6.42 Å². The Morgan fingerprint density at radius 3 is 2.44 bits per heavy atom. The molecule has 2 saturated heterocycles. The maximum atomic E-state index is 12.5. The molecular weight excluding hydrogens is 226 g/mol. The summed E-state index contributed by atoms with van der Waals surface area (Å²) in [5.74, 6) is 0.276. The number of nitrogens with zero attached hydrogens (tertiary/aromatic N) is 1. The van der Waals surface area contributed by atoms with Crippen molar-refractivity contribution in [1.82, 2.24) is 4.90 Å². The Hall–Kier alpha value is -0.410. The van der Waals surface area contributed by atoms with Gasteiger partial charge in [-0.2, -0.15) is 0 Å². The van der Waals surface area contributed by atoms with Crippen LogP contribution in [0.1, 0.15) is 53.9 Å². The van der Waals surface area contributed by atoms with Gasteiger partial charge in [0.05, 0.1) is 11.5 Å². The number of carbonyl (C=O) groups is 1. The van der Waals surface area contributed by atoms with E-state index in [0.717, 1.165) is 13.1 Å². The number of Topliss-reactive ketones (excluding diaryl/α,β-unsaturated/α-hetero) is 1. The summed E-state index contributed by atoms with van der Waals surface area (Å²) in [6.07, 6.45) is 3.84. The van der Waals surface area contributed by atoms with E-state index < -0.39 is 5.60 Å². The van der Waals surface area contributed by atoms with E-state index in [1.165, 1.54) is 19.3 Å². The normalized spacial score (nSPS) is 35.9. The van der Waals surface area contributed by atoms with Gasteiger partial charge in [0.15, 0.2) is 5.78 Å². The first-order valence-corrected chi connectivity index (χ1v) is 7.22. The summed E-state index contributed by atoms with van der Waals surface area (Å²) in [5, 5.41) is 0. The van der Waals surface area contributed by atoms with Crippen LogP contribution in [-0.2, 0) is 9.53 Å². The van der Waals surface area contributed by atoms with Crippen molar-refractivity contribution < 1.29 is 9.53 Å². The van der Waals surface area contributed by atoms with Crippen LogP contribution in [0.15, 0.2) is 0 Å². The van der Waals surface area contributed by atoms with Crippen LogP contribution in [0, 0.1) is 5.92 Å². The number of hydrogen-bond donors (Lipinski definition) is 0. The molecule has 18 heavy (non-hydrogen) atoms. The largest absolute Gasteiger partial charge is 0.361 e. The molecule has 0 aromatic carbocycles. The van der Waals surface area contributed by atoms with E-state index in [4.69, 9.17) is 4.74 Å². The lowest BCUT2D eigenvalue weighted by Gasteiger charge is -2.37. The Labute approximate surface area is 111 Å². The number of hydrogen-bond acceptors (Lipinski definition) is 3. The molecule has 0 amide bonds. The second kappa shape index (κ2) is 4.61. The van der Waals surface area contributed by atoms with Gasteiger partial charge in [0, 0.05) is 12.6 Å². The zero-order valence-electron chi connectivity index (χ0n) is 12.5. The van der Waals surface area contributed by atoms with Crippen molar-refractivity contribution in [2.24, 2.45) is 5.92 Å². The molecule has 2 heterocycles. The summed E-state index contributed by atoms with van der Waals surface area (Å²) in [5.41, 5.74) is -0.953. The molecule has 0 radical (unpaired) electrons. The Morgan fingerprint density at radius 2 is 1.94 bits per heavy atom. The third kappa shape index (κ3) is 2.48. The van der Waals surface area contributed by atoms with Gasteiger partial charge >= 0.3 is 0 Å². The smallest absolute Gasteiger partial charge is 0.171 e. The molecule has 0 N–H and O–H groups in total. The molecule has 2 atom stereocenters. The van der Waals surface area contributed by atoms with E-state index in [1.807, 2.05) is 13.8 Å². The van der Waals surface area contributed by atoms with Crippen molar-refractivity contribution in [3.63, 3.8) is 0 Å². The van der Waals surface area contributed by atoms with Crippen LogP contribution in [0.4, 0.5) is 0 Å². The van der Waals surface area contributed by atoms with Crippen LogP contribution < -0.4 is 0 Å².